The van der Waals surface area contributed by atoms with E-state index < -0.39 is 22.7 Å². The van der Waals surface area contributed by atoms with Gasteiger partial charge in [0.25, 0.3) is 10.2 Å². The lowest BCUT2D eigenvalue weighted by Gasteiger charge is -2.02. The summed E-state index contributed by atoms with van der Waals surface area (Å²) in [5.74, 6) is -0.760. The van der Waals surface area contributed by atoms with Crippen LogP contribution in [0.25, 0.3) is 0 Å². The summed E-state index contributed by atoms with van der Waals surface area (Å²) in [5, 5.41) is 0. The normalized spacial score (nSPS) is 11.4. The summed E-state index contributed by atoms with van der Waals surface area (Å²) >= 11 is 0. The highest BCUT2D eigenvalue weighted by Crippen LogP contribution is 1.73. The molecule has 0 aromatic carbocycles. The van der Waals surface area contributed by atoms with Crippen LogP contribution < -0.4 is 15.3 Å². The third-order valence-electron chi connectivity index (χ3n) is 0.652. The van der Waals surface area contributed by atoms with E-state index in [0.717, 1.165) is 0 Å². The third kappa shape index (κ3) is 5.73. The predicted molar refractivity (Wildman–Crippen MR) is 36.3 cm³/mol. The number of amides is 1. The molecule has 0 bridgehead atoms. The van der Waals surface area contributed by atoms with Crippen molar-refractivity contribution < 1.29 is 18.0 Å². The van der Waals surface area contributed by atoms with Gasteiger partial charge >= 0.3 is 0 Å². The van der Waals surface area contributed by atoms with E-state index in [1.54, 1.807) is 4.89 Å². The molecule has 0 saturated heterocycles. The smallest absolute Gasteiger partial charge is 0.298 e. The van der Waals surface area contributed by atoms with Gasteiger partial charge in [0, 0.05) is 7.05 Å². The molecule has 0 unspecified atom stereocenters. The molecular formula is C3H9N3O4S. The number of nitrogens with two attached hydrogens (primary N) is 1. The summed E-state index contributed by atoms with van der Waals surface area (Å²) in [6.45, 7) is -0.499. The fourth-order valence-electron chi connectivity index (χ4n) is 0.220. The maximum Gasteiger partial charge on any atom is 0.298 e. The second kappa shape index (κ2) is 4.23. The van der Waals surface area contributed by atoms with Gasteiger partial charge in [0.05, 0.1) is 0 Å². The summed E-state index contributed by atoms with van der Waals surface area (Å²) < 4.78 is 22.9. The summed E-state index contributed by atoms with van der Waals surface area (Å²) in [7, 11) is -2.45. The lowest BCUT2D eigenvalue weighted by Crippen LogP contribution is -2.36. The monoisotopic (exact) mass is 183 g/mol. The second-order valence-electron chi connectivity index (χ2n) is 1.55. The Morgan fingerprint density at radius 1 is 1.64 bits per heavy atom. The number of rotatable bonds is 5. The van der Waals surface area contributed by atoms with Crippen LogP contribution in [0.2, 0.25) is 0 Å². The second-order valence-corrected chi connectivity index (χ2v) is 3.13. The van der Waals surface area contributed by atoms with Crippen LogP contribution in [-0.4, -0.2) is 28.0 Å². The van der Waals surface area contributed by atoms with Crippen molar-refractivity contribution in [3.63, 3.8) is 0 Å². The predicted octanol–water partition coefficient (Wildman–Crippen LogP) is -2.54. The van der Waals surface area contributed by atoms with Crippen molar-refractivity contribution in [2.24, 2.45) is 5.73 Å². The average molecular weight is 183 g/mol. The van der Waals surface area contributed by atoms with Crippen LogP contribution in [0, 0.1) is 0 Å². The molecule has 4 N–H and O–H groups in total. The molecule has 0 radical (unpaired) electrons. The third-order valence-corrected chi connectivity index (χ3v) is 1.53. The zero-order valence-electron chi connectivity index (χ0n) is 5.83. The summed E-state index contributed by atoms with van der Waals surface area (Å²) in [6, 6.07) is 0. The molecular weight excluding hydrogens is 174 g/mol. The maximum atomic E-state index is 10.5. The van der Waals surface area contributed by atoms with Crippen LogP contribution in [0.4, 0.5) is 0 Å². The van der Waals surface area contributed by atoms with Crippen molar-refractivity contribution in [2.45, 2.75) is 0 Å². The zero-order valence-corrected chi connectivity index (χ0v) is 6.64. The quantitative estimate of drug-likeness (QED) is 0.408. The molecule has 8 heteroatoms. The van der Waals surface area contributed by atoms with Crippen LogP contribution in [0.1, 0.15) is 0 Å². The molecule has 0 aliphatic rings. The van der Waals surface area contributed by atoms with Gasteiger partial charge < -0.3 is 5.73 Å². The average Bonchev–Trinajstić information content (AvgIpc) is 1.87. The van der Waals surface area contributed by atoms with Gasteiger partial charge in [-0.2, -0.15) is 8.42 Å². The van der Waals surface area contributed by atoms with Gasteiger partial charge in [0.1, 0.15) is 6.61 Å². The number of carbonyl (C=O) groups is 1. The molecule has 0 heterocycles. The Labute approximate surface area is 64.0 Å². The molecule has 7 nitrogen and oxygen atoms in total. The van der Waals surface area contributed by atoms with E-state index in [2.05, 4.69) is 10.6 Å². The topological polar surface area (TPSA) is 111 Å². The minimum atomic E-state index is -3.65. The first-order valence-corrected chi connectivity index (χ1v) is 4.06. The standard InChI is InChI=1S/C3H9N3O4S/c1-5-11(8,9)6-10-2-3(4)7/h5-6H,2H2,1H3,(H2,4,7). The fraction of sp³-hybridized carbons (Fsp3) is 0.667. The highest BCUT2D eigenvalue weighted by atomic mass is 32.2. The Kier molecular flexibility index (Phi) is 3.97. The van der Waals surface area contributed by atoms with Crippen molar-refractivity contribution in [1.29, 1.82) is 0 Å². The molecule has 0 aliphatic carbocycles. The van der Waals surface area contributed by atoms with E-state index in [9.17, 15) is 13.2 Å². The molecule has 66 valence electrons. The van der Waals surface area contributed by atoms with Gasteiger partial charge in [-0.05, 0) is 0 Å². The van der Waals surface area contributed by atoms with Crippen LogP contribution in [0.5, 0.6) is 0 Å². The van der Waals surface area contributed by atoms with Gasteiger partial charge in [-0.3, -0.25) is 9.63 Å². The van der Waals surface area contributed by atoms with E-state index in [4.69, 9.17) is 0 Å². The molecule has 1 amide bonds. The van der Waals surface area contributed by atoms with Crippen molar-refractivity contribution in [3.05, 3.63) is 0 Å². The summed E-state index contributed by atoms with van der Waals surface area (Å²) in [6.07, 6.45) is 0. The van der Waals surface area contributed by atoms with Gasteiger partial charge in [0.15, 0.2) is 0 Å². The van der Waals surface area contributed by atoms with Crippen LogP contribution in [0.15, 0.2) is 0 Å². The van der Waals surface area contributed by atoms with Crippen molar-refractivity contribution in [2.75, 3.05) is 13.7 Å². The van der Waals surface area contributed by atoms with Gasteiger partial charge in [0.2, 0.25) is 5.91 Å². The number of carbonyl (C=O) groups excluding carboxylic acids is 1. The Morgan fingerprint density at radius 2 is 2.18 bits per heavy atom. The van der Waals surface area contributed by atoms with E-state index in [1.165, 1.54) is 7.05 Å². The molecule has 11 heavy (non-hydrogen) atoms. The molecule has 0 spiro atoms. The molecule has 0 saturated carbocycles. The van der Waals surface area contributed by atoms with E-state index in [1.807, 2.05) is 4.72 Å². The van der Waals surface area contributed by atoms with Crippen LogP contribution >= 0.6 is 0 Å². The number of hydrogen-bond donors (Lipinski definition) is 3. The largest absolute Gasteiger partial charge is 0.368 e. The zero-order chi connectivity index (χ0) is 8.91. The van der Waals surface area contributed by atoms with Crippen molar-refractivity contribution >= 4 is 16.1 Å². The first-order chi connectivity index (χ1) is 4.98. The molecule has 0 atom stereocenters. The summed E-state index contributed by atoms with van der Waals surface area (Å²) in [4.78, 5) is 15.8. The SMILES string of the molecule is CNS(=O)(=O)NOCC(N)=O. The first-order valence-electron chi connectivity index (χ1n) is 2.58. The minimum absolute atomic E-state index is 0.499. The van der Waals surface area contributed by atoms with Crippen LogP contribution in [-0.2, 0) is 19.8 Å². The van der Waals surface area contributed by atoms with Gasteiger partial charge in [-0.25, -0.2) is 4.72 Å². The molecule has 0 aliphatic heterocycles. The highest BCUT2D eigenvalue weighted by molar-refractivity contribution is 7.87. The summed E-state index contributed by atoms with van der Waals surface area (Å²) in [5.41, 5.74) is 4.64. The van der Waals surface area contributed by atoms with E-state index in [-0.39, 0.29) is 0 Å². The maximum absolute atomic E-state index is 10.5. The number of nitrogens with one attached hydrogen (secondary N) is 2. The van der Waals surface area contributed by atoms with Crippen molar-refractivity contribution in [1.82, 2.24) is 9.61 Å². The Balaban J connectivity index is 3.63. The lowest BCUT2D eigenvalue weighted by atomic mass is 10.7. The molecule has 0 rings (SSSR count). The number of hydrogen-bond acceptors (Lipinski definition) is 4. The fourth-order valence-corrected chi connectivity index (χ4v) is 0.517. The Morgan fingerprint density at radius 3 is 2.55 bits per heavy atom. The molecule has 0 aromatic rings. The Bertz CT molecular complexity index is 223. The molecule has 0 fully saturated rings. The number of primary amides is 1. The highest BCUT2D eigenvalue weighted by Gasteiger charge is 2.05. The van der Waals surface area contributed by atoms with Crippen LogP contribution in [0.3, 0.4) is 0 Å². The van der Waals surface area contributed by atoms with E-state index >= 15 is 0 Å². The first kappa shape index (κ1) is 10.3. The lowest BCUT2D eigenvalue weighted by molar-refractivity contribution is -0.123. The van der Waals surface area contributed by atoms with Gasteiger partial charge in [-0.1, -0.05) is 4.89 Å². The Hall–Kier alpha value is -0.700. The van der Waals surface area contributed by atoms with Gasteiger partial charge in [-0.15, -0.1) is 0 Å². The van der Waals surface area contributed by atoms with Crippen molar-refractivity contribution in [3.8, 4) is 0 Å². The molecule has 0 aromatic heterocycles. The van der Waals surface area contributed by atoms with E-state index in [0.29, 0.717) is 0 Å². The minimum Gasteiger partial charge on any atom is -0.368 e.